The summed E-state index contributed by atoms with van der Waals surface area (Å²) in [6.45, 7) is 3.70. The van der Waals surface area contributed by atoms with E-state index in [1.54, 1.807) is 12.7 Å². The summed E-state index contributed by atoms with van der Waals surface area (Å²) in [5, 5.41) is 4.20. The first-order chi connectivity index (χ1) is 9.32. The Hall–Kier alpha value is 1.63. The number of benzene rings is 1. The van der Waals surface area contributed by atoms with Crippen LogP contribution in [0.2, 0.25) is 0 Å². The van der Waals surface area contributed by atoms with Crippen LogP contribution in [0.25, 0.3) is 0 Å². The zero-order valence-electron chi connectivity index (χ0n) is 12.8. The van der Waals surface area contributed by atoms with Crippen LogP contribution in [0.15, 0.2) is 30.9 Å². The normalized spacial score (nSPS) is 23.0. The summed E-state index contributed by atoms with van der Waals surface area (Å²) in [5.41, 5.74) is 0.751. The van der Waals surface area contributed by atoms with Crippen molar-refractivity contribution < 1.29 is 103 Å². The summed E-state index contributed by atoms with van der Waals surface area (Å²) in [6.07, 6.45) is 5.43. The van der Waals surface area contributed by atoms with Crippen LogP contribution < -0.4 is 0 Å². The summed E-state index contributed by atoms with van der Waals surface area (Å²) < 4.78 is 8.01. The number of nitrogens with zero attached hydrogens (tertiary/aromatic N) is 3. The molecule has 0 spiro atoms. The first-order valence-electron chi connectivity index (χ1n) is 6.67. The Bertz CT molecular complexity index is 524. The molecule has 0 bridgehead atoms. The van der Waals surface area contributed by atoms with E-state index in [0.717, 1.165) is 25.0 Å². The van der Waals surface area contributed by atoms with Crippen molar-refractivity contribution in [3.05, 3.63) is 48.5 Å². The van der Waals surface area contributed by atoms with Crippen molar-refractivity contribution in [2.75, 3.05) is 6.61 Å². The molecule has 4 nitrogen and oxygen atoms in total. The molecular formula is C15H17N3OY3-2. The topological polar surface area (TPSA) is 39.9 Å². The van der Waals surface area contributed by atoms with E-state index in [0.29, 0.717) is 12.5 Å². The fourth-order valence-electron chi connectivity index (χ4n) is 2.71. The summed E-state index contributed by atoms with van der Waals surface area (Å²) in [5.74, 6) is 0.598. The third-order valence-corrected chi connectivity index (χ3v) is 3.82. The van der Waals surface area contributed by atoms with Gasteiger partial charge < -0.3 is 22.9 Å². The molecule has 3 radical (unpaired) electrons. The SMILES string of the molecule is CC[C@@H]1COC(Cn2cncn2)(c2[c-]c[c-]cc2)C1.[Y].[Y].[Y]. The molecule has 0 aliphatic carbocycles. The molecule has 1 aliphatic heterocycles. The molecule has 0 N–H and O–H groups in total. The van der Waals surface area contributed by atoms with E-state index >= 15 is 0 Å². The fraction of sp³-hybridized carbons (Fsp3) is 0.467. The van der Waals surface area contributed by atoms with Gasteiger partial charge in [0.15, 0.2) is 0 Å². The Balaban J connectivity index is 0.00000147. The molecule has 1 aromatic heterocycles. The third kappa shape index (κ3) is 5.58. The van der Waals surface area contributed by atoms with E-state index in [1.165, 1.54) is 0 Å². The van der Waals surface area contributed by atoms with Crippen LogP contribution in [0, 0.1) is 18.1 Å². The average Bonchev–Trinajstić information content (AvgIpc) is 3.10. The van der Waals surface area contributed by atoms with Crippen molar-refractivity contribution >= 4 is 0 Å². The van der Waals surface area contributed by atoms with Gasteiger partial charge in [-0.25, -0.2) is 15.2 Å². The van der Waals surface area contributed by atoms with Gasteiger partial charge in [-0.1, -0.05) is 13.3 Å². The molecule has 1 aliphatic rings. The fourth-order valence-corrected chi connectivity index (χ4v) is 2.71. The molecule has 1 aromatic carbocycles. The van der Waals surface area contributed by atoms with Crippen LogP contribution in [0.1, 0.15) is 25.3 Å². The van der Waals surface area contributed by atoms with Crippen LogP contribution >= 0.6 is 0 Å². The van der Waals surface area contributed by atoms with Crippen molar-refractivity contribution in [2.24, 2.45) is 5.92 Å². The maximum absolute atomic E-state index is 6.17. The molecule has 2 heterocycles. The number of rotatable bonds is 4. The average molecular weight is 522 g/mol. The van der Waals surface area contributed by atoms with Crippen molar-refractivity contribution in [2.45, 2.75) is 31.9 Å². The van der Waals surface area contributed by atoms with Gasteiger partial charge in [0.2, 0.25) is 0 Å². The van der Waals surface area contributed by atoms with E-state index in [-0.39, 0.29) is 104 Å². The minimum atomic E-state index is -0.330. The van der Waals surface area contributed by atoms with Crippen molar-refractivity contribution in [1.29, 1.82) is 0 Å². The number of aromatic nitrogens is 3. The van der Waals surface area contributed by atoms with E-state index in [9.17, 15) is 0 Å². The minimum absolute atomic E-state index is 0. The molecule has 0 amide bonds. The Morgan fingerprint density at radius 2 is 2.23 bits per heavy atom. The van der Waals surface area contributed by atoms with Gasteiger partial charge in [-0.2, -0.15) is 5.10 Å². The predicted octanol–water partition coefficient (Wildman–Crippen LogP) is 2.21. The van der Waals surface area contributed by atoms with Crippen molar-refractivity contribution in [1.82, 2.24) is 14.8 Å². The molecule has 1 fully saturated rings. The van der Waals surface area contributed by atoms with Crippen LogP contribution in [0.4, 0.5) is 0 Å². The van der Waals surface area contributed by atoms with Crippen LogP contribution in [-0.4, -0.2) is 21.4 Å². The molecule has 7 heteroatoms. The Kier molecular flexibility index (Phi) is 12.1. The second-order valence-corrected chi connectivity index (χ2v) is 5.08. The summed E-state index contributed by atoms with van der Waals surface area (Å²) >= 11 is 0. The molecule has 3 rings (SSSR count). The van der Waals surface area contributed by atoms with Crippen LogP contribution in [0.5, 0.6) is 0 Å². The molecule has 1 saturated heterocycles. The summed E-state index contributed by atoms with van der Waals surface area (Å²) in [4.78, 5) is 4.01. The number of hydrogen-bond acceptors (Lipinski definition) is 3. The maximum atomic E-state index is 6.17. The zero-order chi connectivity index (χ0) is 13.1. The van der Waals surface area contributed by atoms with Gasteiger partial charge >= 0.3 is 0 Å². The molecule has 1 unspecified atom stereocenters. The zero-order valence-corrected chi connectivity index (χ0v) is 21.3. The number of ether oxygens (including phenoxy) is 1. The van der Waals surface area contributed by atoms with Gasteiger partial charge in [0.1, 0.15) is 12.7 Å². The Labute approximate surface area is 207 Å². The van der Waals surface area contributed by atoms with Gasteiger partial charge in [-0.15, -0.1) is 0 Å². The molecule has 109 valence electrons. The van der Waals surface area contributed by atoms with Crippen LogP contribution in [-0.2, 0) is 115 Å². The van der Waals surface area contributed by atoms with Gasteiger partial charge in [-0.3, -0.25) is 12.1 Å². The summed E-state index contributed by atoms with van der Waals surface area (Å²) in [7, 11) is 0. The Morgan fingerprint density at radius 1 is 1.41 bits per heavy atom. The first kappa shape index (κ1) is 23.6. The minimum Gasteiger partial charge on any atom is -0.372 e. The van der Waals surface area contributed by atoms with Crippen molar-refractivity contribution in [3.8, 4) is 0 Å². The molecule has 22 heavy (non-hydrogen) atoms. The van der Waals surface area contributed by atoms with E-state index in [2.05, 4.69) is 29.1 Å². The number of hydrogen-bond donors (Lipinski definition) is 0. The molecule has 2 atom stereocenters. The molecule has 2 aromatic rings. The van der Waals surface area contributed by atoms with Crippen LogP contribution in [0.3, 0.4) is 0 Å². The molecule has 0 saturated carbocycles. The monoisotopic (exact) mass is 522 g/mol. The van der Waals surface area contributed by atoms with Gasteiger partial charge in [0.05, 0.1) is 18.8 Å². The Morgan fingerprint density at radius 3 is 2.77 bits per heavy atom. The summed E-state index contributed by atoms with van der Waals surface area (Å²) in [6, 6.07) is 12.0. The molecular weight excluding hydrogens is 505 g/mol. The first-order valence-corrected chi connectivity index (χ1v) is 6.67. The van der Waals surface area contributed by atoms with E-state index < -0.39 is 0 Å². The predicted molar refractivity (Wildman–Crippen MR) is 70.2 cm³/mol. The largest absolute Gasteiger partial charge is 0.372 e. The van der Waals surface area contributed by atoms with E-state index in [1.807, 2.05) is 22.9 Å². The second-order valence-electron chi connectivity index (χ2n) is 5.08. The second kappa shape index (κ2) is 11.3. The maximum Gasteiger partial charge on any atom is 0.137 e. The van der Waals surface area contributed by atoms with Gasteiger partial charge in [0.25, 0.3) is 0 Å². The van der Waals surface area contributed by atoms with Gasteiger partial charge in [0, 0.05) is 98.1 Å². The van der Waals surface area contributed by atoms with Crippen molar-refractivity contribution in [3.63, 3.8) is 0 Å². The van der Waals surface area contributed by atoms with E-state index in [4.69, 9.17) is 4.74 Å². The quantitative estimate of drug-likeness (QED) is 0.579. The smallest absolute Gasteiger partial charge is 0.137 e. The van der Waals surface area contributed by atoms with Gasteiger partial charge in [-0.05, 0) is 12.3 Å². The standard InChI is InChI=1S/C15H17N3O.3Y/c1-2-13-8-15(19-9-13,10-18-12-16-11-17-18)14-6-4-3-5-7-14;;;/h4-6,11-13H,2,8-10H2,1H3;;;/q-2;;;/t13-,15?;;;/m0.../s1. The third-order valence-electron chi connectivity index (χ3n) is 3.82.